The number of fused-ring (bicyclic) bond motifs is 1. The van der Waals surface area contributed by atoms with Gasteiger partial charge in [0.05, 0.1) is 0 Å². The van der Waals surface area contributed by atoms with Crippen molar-refractivity contribution in [3.05, 3.63) is 35.2 Å². The number of nitrogens with two attached hydrogens (primary N) is 1. The molecule has 0 aliphatic carbocycles. The molecule has 0 bridgehead atoms. The van der Waals surface area contributed by atoms with Crippen LogP contribution in [0.2, 0.25) is 0 Å². The monoisotopic (exact) mass is 202 g/mol. The van der Waals surface area contributed by atoms with E-state index >= 15 is 0 Å². The van der Waals surface area contributed by atoms with E-state index in [1.807, 2.05) is 6.07 Å². The second kappa shape index (κ2) is 3.81. The van der Waals surface area contributed by atoms with Crippen LogP contribution in [0.4, 0.5) is 0 Å². The Kier molecular flexibility index (Phi) is 2.51. The normalized spacial score (nSPS) is 12.6. The molecule has 14 heavy (non-hydrogen) atoms. The molecule has 0 fully saturated rings. The summed E-state index contributed by atoms with van der Waals surface area (Å²) in [6.07, 6.45) is 5.34. The molecule has 0 radical (unpaired) electrons. The third kappa shape index (κ3) is 1.51. The predicted octanol–water partition coefficient (Wildman–Crippen LogP) is 2.04. The molecule has 0 aliphatic rings. The molecular formula is C11H10N2S. The number of nitrogens with one attached hydrogen (secondary N) is 1. The first kappa shape index (κ1) is 9.22. The quantitative estimate of drug-likeness (QED) is 0.444. The van der Waals surface area contributed by atoms with Crippen molar-refractivity contribution in [3.8, 4) is 12.3 Å². The van der Waals surface area contributed by atoms with Crippen LogP contribution < -0.4 is 11.3 Å². The van der Waals surface area contributed by atoms with E-state index in [0.29, 0.717) is 0 Å². The molecular weight excluding hydrogens is 192 g/mol. The number of thiophene rings is 1. The number of hydrogen-bond donors (Lipinski definition) is 2. The summed E-state index contributed by atoms with van der Waals surface area (Å²) in [4.78, 5) is 0. The molecule has 0 saturated heterocycles. The number of hydrazine groups is 1. The van der Waals surface area contributed by atoms with Crippen LogP contribution in [0.1, 0.15) is 11.6 Å². The van der Waals surface area contributed by atoms with Crippen LogP contribution in [0.3, 0.4) is 0 Å². The van der Waals surface area contributed by atoms with Crippen LogP contribution in [-0.2, 0) is 0 Å². The lowest BCUT2D eigenvalue weighted by Crippen LogP contribution is -2.26. The van der Waals surface area contributed by atoms with Gasteiger partial charge in [-0.3, -0.25) is 5.84 Å². The van der Waals surface area contributed by atoms with Gasteiger partial charge in [0, 0.05) is 4.70 Å². The maximum Gasteiger partial charge on any atom is 0.106 e. The molecule has 2 nitrogen and oxygen atoms in total. The van der Waals surface area contributed by atoms with Crippen LogP contribution in [0.15, 0.2) is 29.6 Å². The van der Waals surface area contributed by atoms with Crippen LogP contribution in [0, 0.1) is 12.3 Å². The summed E-state index contributed by atoms with van der Waals surface area (Å²) in [5.74, 6) is 7.94. The lowest BCUT2D eigenvalue weighted by Gasteiger charge is -2.08. The number of rotatable bonds is 2. The zero-order chi connectivity index (χ0) is 9.97. The molecule has 3 heteroatoms. The lowest BCUT2D eigenvalue weighted by molar-refractivity contribution is 0.674. The molecule has 0 aliphatic heterocycles. The Balaban J connectivity index is 2.48. The minimum absolute atomic E-state index is 0.209. The fourth-order valence-corrected chi connectivity index (χ4v) is 2.18. The van der Waals surface area contributed by atoms with Gasteiger partial charge in [-0.15, -0.1) is 17.8 Å². The van der Waals surface area contributed by atoms with Crippen LogP contribution in [0.5, 0.6) is 0 Å². The van der Waals surface area contributed by atoms with Crippen LogP contribution in [-0.4, -0.2) is 0 Å². The van der Waals surface area contributed by atoms with E-state index in [-0.39, 0.29) is 6.04 Å². The van der Waals surface area contributed by atoms with Crippen molar-refractivity contribution in [2.24, 2.45) is 5.84 Å². The highest BCUT2D eigenvalue weighted by Gasteiger charge is 2.06. The fraction of sp³-hybridized carbons (Fsp3) is 0.0909. The maximum absolute atomic E-state index is 5.34. The Hall–Kier alpha value is -1.34. The van der Waals surface area contributed by atoms with Gasteiger partial charge in [-0.25, -0.2) is 5.43 Å². The third-order valence-electron chi connectivity index (χ3n) is 2.14. The van der Waals surface area contributed by atoms with E-state index in [1.165, 1.54) is 10.1 Å². The van der Waals surface area contributed by atoms with Gasteiger partial charge >= 0.3 is 0 Å². The highest BCUT2D eigenvalue weighted by molar-refractivity contribution is 7.17. The maximum atomic E-state index is 5.34. The molecule has 0 saturated carbocycles. The molecule has 1 aromatic carbocycles. The summed E-state index contributed by atoms with van der Waals surface area (Å²) in [5.41, 5.74) is 3.62. The summed E-state index contributed by atoms with van der Waals surface area (Å²) in [5, 5.41) is 3.28. The van der Waals surface area contributed by atoms with Gasteiger partial charge in [-0.05, 0) is 34.5 Å². The molecule has 70 valence electrons. The predicted molar refractivity (Wildman–Crippen MR) is 60.7 cm³/mol. The van der Waals surface area contributed by atoms with E-state index < -0.39 is 0 Å². The van der Waals surface area contributed by atoms with Crippen molar-refractivity contribution in [3.63, 3.8) is 0 Å². The van der Waals surface area contributed by atoms with Crippen molar-refractivity contribution < 1.29 is 0 Å². The zero-order valence-corrected chi connectivity index (χ0v) is 8.34. The Labute approximate surface area is 86.7 Å². The zero-order valence-electron chi connectivity index (χ0n) is 7.53. The van der Waals surface area contributed by atoms with Gasteiger partial charge < -0.3 is 0 Å². The van der Waals surface area contributed by atoms with Gasteiger partial charge in [0.1, 0.15) is 6.04 Å². The highest BCUT2D eigenvalue weighted by atomic mass is 32.1. The van der Waals surface area contributed by atoms with Gasteiger partial charge in [-0.1, -0.05) is 12.0 Å². The van der Waals surface area contributed by atoms with Crippen LogP contribution in [0.25, 0.3) is 10.1 Å². The minimum atomic E-state index is -0.209. The van der Waals surface area contributed by atoms with Gasteiger partial charge in [0.15, 0.2) is 0 Å². The van der Waals surface area contributed by atoms with E-state index in [2.05, 4.69) is 34.9 Å². The van der Waals surface area contributed by atoms with Gasteiger partial charge in [0.25, 0.3) is 0 Å². The van der Waals surface area contributed by atoms with Gasteiger partial charge in [-0.2, -0.15) is 0 Å². The summed E-state index contributed by atoms with van der Waals surface area (Å²) in [6.45, 7) is 0. The number of benzene rings is 1. The second-order valence-corrected chi connectivity index (χ2v) is 3.93. The average Bonchev–Trinajstić information content (AvgIpc) is 2.66. The van der Waals surface area contributed by atoms with Crippen LogP contribution >= 0.6 is 11.3 Å². The molecule has 1 unspecified atom stereocenters. The Bertz CT molecular complexity index is 481. The first-order chi connectivity index (χ1) is 6.85. The molecule has 0 amide bonds. The molecule has 1 heterocycles. The summed E-state index contributed by atoms with van der Waals surface area (Å²) in [7, 11) is 0. The summed E-state index contributed by atoms with van der Waals surface area (Å²) < 4.78 is 1.27. The van der Waals surface area contributed by atoms with Crippen molar-refractivity contribution in [2.45, 2.75) is 6.04 Å². The molecule has 1 aromatic heterocycles. The van der Waals surface area contributed by atoms with E-state index in [9.17, 15) is 0 Å². The van der Waals surface area contributed by atoms with E-state index in [1.54, 1.807) is 11.3 Å². The average molecular weight is 202 g/mol. The van der Waals surface area contributed by atoms with Gasteiger partial charge in [0.2, 0.25) is 0 Å². The summed E-state index contributed by atoms with van der Waals surface area (Å²) >= 11 is 1.72. The lowest BCUT2D eigenvalue weighted by atomic mass is 10.1. The minimum Gasteiger partial charge on any atom is -0.270 e. The second-order valence-electron chi connectivity index (χ2n) is 2.98. The summed E-state index contributed by atoms with van der Waals surface area (Å²) in [6, 6.07) is 8.00. The highest BCUT2D eigenvalue weighted by Crippen LogP contribution is 2.24. The third-order valence-corrected chi connectivity index (χ3v) is 3.04. The molecule has 0 spiro atoms. The molecule has 3 N–H and O–H groups in total. The van der Waals surface area contributed by atoms with Crippen molar-refractivity contribution in [1.29, 1.82) is 0 Å². The van der Waals surface area contributed by atoms with E-state index in [4.69, 9.17) is 12.3 Å². The SMILES string of the molecule is C#CC(NN)c1ccc2sccc2c1. The van der Waals surface area contributed by atoms with Crippen molar-refractivity contribution in [2.75, 3.05) is 0 Å². The van der Waals surface area contributed by atoms with E-state index in [0.717, 1.165) is 5.56 Å². The standard InChI is InChI=1S/C11H10N2S/c1-2-10(13-12)8-3-4-11-9(7-8)5-6-14-11/h1,3-7,10,13H,12H2. The fourth-order valence-electron chi connectivity index (χ4n) is 1.41. The largest absolute Gasteiger partial charge is 0.270 e. The molecule has 2 rings (SSSR count). The first-order valence-corrected chi connectivity index (χ1v) is 5.12. The first-order valence-electron chi connectivity index (χ1n) is 4.24. The van der Waals surface area contributed by atoms with Crippen molar-refractivity contribution in [1.82, 2.24) is 5.43 Å². The topological polar surface area (TPSA) is 38.0 Å². The number of terminal acetylenes is 1. The van der Waals surface area contributed by atoms with Crippen molar-refractivity contribution >= 4 is 21.4 Å². The molecule has 2 aromatic rings. The molecule has 1 atom stereocenters. The Morgan fingerprint density at radius 3 is 3.00 bits per heavy atom. The number of hydrogen-bond acceptors (Lipinski definition) is 3. The smallest absolute Gasteiger partial charge is 0.106 e. The Morgan fingerprint density at radius 2 is 2.29 bits per heavy atom. The Morgan fingerprint density at radius 1 is 1.43 bits per heavy atom.